The number of aromatic nitrogens is 2. The number of rotatable bonds is 4. The molecule has 1 N–H and O–H groups in total. The molecule has 0 aliphatic rings. The van der Waals surface area contributed by atoms with Crippen molar-refractivity contribution >= 4 is 5.82 Å². The normalized spacial score (nSPS) is 11.1. The van der Waals surface area contributed by atoms with E-state index >= 15 is 0 Å². The quantitative estimate of drug-likeness (QED) is 0.926. The van der Waals surface area contributed by atoms with Crippen molar-refractivity contribution < 1.29 is 17.9 Å². The van der Waals surface area contributed by atoms with E-state index < -0.39 is 6.36 Å². The summed E-state index contributed by atoms with van der Waals surface area (Å²) in [5, 5.41) is 3.01. The molecule has 0 spiro atoms. The Morgan fingerprint density at radius 2 is 1.84 bits per heavy atom. The Morgan fingerprint density at radius 3 is 2.42 bits per heavy atom. The van der Waals surface area contributed by atoms with Gasteiger partial charge < -0.3 is 10.1 Å². The molecule has 100 valence electrons. The molecule has 0 atom stereocenters. The molecule has 7 heteroatoms. The van der Waals surface area contributed by atoms with Crippen LogP contribution in [0.5, 0.6) is 5.75 Å². The van der Waals surface area contributed by atoms with Crippen molar-refractivity contribution in [3.63, 3.8) is 0 Å². The lowest BCUT2D eigenvalue weighted by atomic mass is 10.2. The summed E-state index contributed by atoms with van der Waals surface area (Å²) >= 11 is 0. The zero-order valence-corrected chi connectivity index (χ0v) is 9.69. The number of hydrogen-bond acceptors (Lipinski definition) is 4. The Kier molecular flexibility index (Phi) is 3.84. The van der Waals surface area contributed by atoms with Crippen LogP contribution in [0, 0.1) is 0 Å². The predicted molar refractivity (Wildman–Crippen MR) is 62.5 cm³/mol. The Hall–Kier alpha value is -2.31. The van der Waals surface area contributed by atoms with E-state index in [4.69, 9.17) is 0 Å². The lowest BCUT2D eigenvalue weighted by Gasteiger charge is -2.09. The number of ether oxygens (including phenoxy) is 1. The standard InChI is InChI=1S/C12H10F3N3O/c13-12(14,15)19-10-3-1-9(2-4-10)7-17-11-5-6-16-8-18-11/h1-6,8H,7H2,(H,16,17,18). The van der Waals surface area contributed by atoms with E-state index in [0.717, 1.165) is 5.56 Å². The van der Waals surface area contributed by atoms with Gasteiger partial charge in [0, 0.05) is 12.7 Å². The fraction of sp³-hybridized carbons (Fsp3) is 0.167. The number of nitrogens with one attached hydrogen (secondary N) is 1. The van der Waals surface area contributed by atoms with Crippen molar-refractivity contribution in [3.8, 4) is 5.75 Å². The van der Waals surface area contributed by atoms with E-state index in [0.29, 0.717) is 12.4 Å². The van der Waals surface area contributed by atoms with Crippen LogP contribution in [0.4, 0.5) is 19.0 Å². The number of halogens is 3. The van der Waals surface area contributed by atoms with Crippen LogP contribution in [0.25, 0.3) is 0 Å². The summed E-state index contributed by atoms with van der Waals surface area (Å²) in [4.78, 5) is 7.74. The van der Waals surface area contributed by atoms with Crippen LogP contribution < -0.4 is 10.1 Å². The number of hydrogen-bond donors (Lipinski definition) is 1. The second kappa shape index (κ2) is 5.55. The third kappa shape index (κ3) is 4.46. The van der Waals surface area contributed by atoms with E-state index in [1.807, 2.05) is 0 Å². The Bertz CT molecular complexity index is 514. The van der Waals surface area contributed by atoms with Gasteiger partial charge in [-0.3, -0.25) is 0 Å². The van der Waals surface area contributed by atoms with Crippen LogP contribution in [-0.2, 0) is 6.54 Å². The van der Waals surface area contributed by atoms with Crippen LogP contribution in [0.15, 0.2) is 42.9 Å². The molecule has 2 rings (SSSR count). The van der Waals surface area contributed by atoms with Gasteiger partial charge in [-0.15, -0.1) is 13.2 Å². The topological polar surface area (TPSA) is 47.0 Å². The van der Waals surface area contributed by atoms with Crippen molar-refractivity contribution in [1.82, 2.24) is 9.97 Å². The Balaban J connectivity index is 1.92. The van der Waals surface area contributed by atoms with Gasteiger partial charge in [-0.05, 0) is 23.8 Å². The van der Waals surface area contributed by atoms with Crippen LogP contribution in [0.2, 0.25) is 0 Å². The van der Waals surface area contributed by atoms with Crippen LogP contribution >= 0.6 is 0 Å². The highest BCUT2D eigenvalue weighted by molar-refractivity contribution is 5.35. The highest BCUT2D eigenvalue weighted by atomic mass is 19.4. The summed E-state index contributed by atoms with van der Waals surface area (Å²) in [5.74, 6) is 0.406. The molecule has 1 aromatic heterocycles. The van der Waals surface area contributed by atoms with Gasteiger partial charge in [-0.25, -0.2) is 9.97 Å². The maximum Gasteiger partial charge on any atom is 0.573 e. The van der Waals surface area contributed by atoms with Crippen LogP contribution in [0.1, 0.15) is 5.56 Å². The second-order valence-electron chi connectivity index (χ2n) is 3.64. The second-order valence-corrected chi connectivity index (χ2v) is 3.64. The summed E-state index contributed by atoms with van der Waals surface area (Å²) in [6.07, 6.45) is -1.67. The fourth-order valence-corrected chi connectivity index (χ4v) is 1.40. The summed E-state index contributed by atoms with van der Waals surface area (Å²) in [7, 11) is 0. The first-order valence-electron chi connectivity index (χ1n) is 5.37. The number of alkyl halides is 3. The fourth-order valence-electron chi connectivity index (χ4n) is 1.40. The van der Waals surface area contributed by atoms with Gasteiger partial charge in [-0.2, -0.15) is 0 Å². The van der Waals surface area contributed by atoms with Gasteiger partial charge in [-0.1, -0.05) is 12.1 Å². The molecule has 1 aromatic carbocycles. The van der Waals surface area contributed by atoms with E-state index in [-0.39, 0.29) is 5.75 Å². The molecule has 0 aliphatic heterocycles. The van der Waals surface area contributed by atoms with E-state index in [9.17, 15) is 13.2 Å². The molecule has 0 saturated heterocycles. The maximum atomic E-state index is 12.0. The molecule has 1 heterocycles. The largest absolute Gasteiger partial charge is 0.573 e. The monoisotopic (exact) mass is 269 g/mol. The molecule has 0 unspecified atom stereocenters. The van der Waals surface area contributed by atoms with E-state index in [1.165, 1.54) is 18.5 Å². The highest BCUT2D eigenvalue weighted by Gasteiger charge is 2.30. The maximum absolute atomic E-state index is 12.0. The smallest absolute Gasteiger partial charge is 0.406 e. The van der Waals surface area contributed by atoms with E-state index in [1.54, 1.807) is 24.4 Å². The molecule has 4 nitrogen and oxygen atoms in total. The average Bonchev–Trinajstić information content (AvgIpc) is 2.37. The van der Waals surface area contributed by atoms with Crippen LogP contribution in [0.3, 0.4) is 0 Å². The first-order chi connectivity index (χ1) is 9.03. The van der Waals surface area contributed by atoms with Gasteiger partial charge >= 0.3 is 6.36 Å². The van der Waals surface area contributed by atoms with Gasteiger partial charge in [0.15, 0.2) is 0 Å². The molecule has 0 saturated carbocycles. The molecule has 0 aliphatic carbocycles. The number of anilines is 1. The summed E-state index contributed by atoms with van der Waals surface area (Å²) in [6, 6.07) is 7.33. The van der Waals surface area contributed by atoms with Crippen molar-refractivity contribution in [1.29, 1.82) is 0 Å². The molecule has 0 fully saturated rings. The van der Waals surface area contributed by atoms with Gasteiger partial charge in [0.2, 0.25) is 0 Å². The minimum Gasteiger partial charge on any atom is -0.406 e. The molecule has 0 radical (unpaired) electrons. The van der Waals surface area contributed by atoms with Crippen molar-refractivity contribution in [2.75, 3.05) is 5.32 Å². The predicted octanol–water partition coefficient (Wildman–Crippen LogP) is 2.99. The van der Waals surface area contributed by atoms with E-state index in [2.05, 4.69) is 20.0 Å². The van der Waals surface area contributed by atoms with Crippen LogP contribution in [-0.4, -0.2) is 16.3 Å². The van der Waals surface area contributed by atoms with Gasteiger partial charge in [0.25, 0.3) is 0 Å². The van der Waals surface area contributed by atoms with Gasteiger partial charge in [0.1, 0.15) is 17.9 Å². The summed E-state index contributed by atoms with van der Waals surface area (Å²) < 4.78 is 39.7. The lowest BCUT2D eigenvalue weighted by molar-refractivity contribution is -0.274. The Morgan fingerprint density at radius 1 is 1.11 bits per heavy atom. The van der Waals surface area contributed by atoms with Crippen molar-refractivity contribution in [2.45, 2.75) is 12.9 Å². The molecule has 2 aromatic rings. The zero-order valence-electron chi connectivity index (χ0n) is 9.69. The van der Waals surface area contributed by atoms with Crippen molar-refractivity contribution in [2.24, 2.45) is 0 Å². The first-order valence-corrected chi connectivity index (χ1v) is 5.37. The first kappa shape index (κ1) is 13.1. The minimum atomic E-state index is -4.67. The highest BCUT2D eigenvalue weighted by Crippen LogP contribution is 2.22. The zero-order chi connectivity index (χ0) is 13.7. The molecular formula is C12H10F3N3O. The molecular weight excluding hydrogens is 259 g/mol. The minimum absolute atomic E-state index is 0.238. The third-order valence-corrected chi connectivity index (χ3v) is 2.21. The van der Waals surface area contributed by atoms with Crippen molar-refractivity contribution in [3.05, 3.63) is 48.4 Å². The molecule has 0 bridgehead atoms. The molecule has 0 amide bonds. The Labute approximate surface area is 107 Å². The van der Waals surface area contributed by atoms with Gasteiger partial charge in [0.05, 0.1) is 0 Å². The third-order valence-electron chi connectivity index (χ3n) is 2.21. The SMILES string of the molecule is FC(F)(F)Oc1ccc(CNc2ccncn2)cc1. The number of benzene rings is 1. The number of nitrogens with zero attached hydrogens (tertiary/aromatic N) is 2. The summed E-state index contributed by atoms with van der Waals surface area (Å²) in [5.41, 5.74) is 0.813. The average molecular weight is 269 g/mol. The lowest BCUT2D eigenvalue weighted by Crippen LogP contribution is -2.17. The summed E-state index contributed by atoms with van der Waals surface area (Å²) in [6.45, 7) is 0.448. The molecule has 19 heavy (non-hydrogen) atoms.